The summed E-state index contributed by atoms with van der Waals surface area (Å²) in [4.78, 5) is 16.1. The molecule has 2 aromatic rings. The number of amides is 1. The molecule has 0 aliphatic heterocycles. The molecular weight excluding hydrogens is 322 g/mol. The van der Waals surface area contributed by atoms with Crippen LogP contribution < -0.4 is 11.1 Å². The molecule has 0 aliphatic rings. The second kappa shape index (κ2) is 6.32. The highest BCUT2D eigenvalue weighted by Gasteiger charge is 2.12. The average molecular weight is 334 g/mol. The van der Waals surface area contributed by atoms with Crippen molar-refractivity contribution < 1.29 is 4.79 Å². The molecule has 102 valence electrons. The summed E-state index contributed by atoms with van der Waals surface area (Å²) in [5.41, 5.74) is 6.55. The molecule has 1 aromatic carbocycles. The molecule has 0 saturated carbocycles. The molecule has 0 unspecified atom stereocenters. The maximum atomic E-state index is 12.1. The van der Waals surface area contributed by atoms with E-state index in [9.17, 15) is 4.79 Å². The lowest BCUT2D eigenvalue weighted by Crippen LogP contribution is -2.13. The molecule has 1 aromatic heterocycles. The van der Waals surface area contributed by atoms with E-state index >= 15 is 0 Å². The summed E-state index contributed by atoms with van der Waals surface area (Å²) >= 11 is 3.30. The van der Waals surface area contributed by atoms with Gasteiger partial charge in [0.15, 0.2) is 0 Å². The van der Waals surface area contributed by atoms with Crippen LogP contribution in [0.3, 0.4) is 0 Å². The van der Waals surface area contributed by atoms with E-state index in [0.29, 0.717) is 24.3 Å². The largest absolute Gasteiger partial charge is 0.335 e. The number of hydrogen-bond acceptors (Lipinski definition) is 4. The normalized spacial score (nSPS) is 10.1. The van der Waals surface area contributed by atoms with Gasteiger partial charge in [0, 0.05) is 23.8 Å². The molecule has 1 amide bonds. The van der Waals surface area contributed by atoms with Crippen LogP contribution in [0.25, 0.3) is 0 Å². The van der Waals surface area contributed by atoms with Crippen molar-refractivity contribution in [1.29, 1.82) is 5.26 Å². The van der Waals surface area contributed by atoms with Crippen molar-refractivity contribution in [2.75, 3.05) is 11.9 Å². The first-order chi connectivity index (χ1) is 9.63. The van der Waals surface area contributed by atoms with E-state index in [1.54, 1.807) is 35.3 Å². The van der Waals surface area contributed by atoms with Crippen LogP contribution in [0.4, 0.5) is 5.69 Å². The molecule has 6 nitrogen and oxygen atoms in total. The molecular formula is C13H12BrN5O. The predicted octanol–water partition coefficient (Wildman–Crippen LogP) is 1.73. The summed E-state index contributed by atoms with van der Waals surface area (Å²) < 4.78 is 2.52. The molecule has 0 saturated heterocycles. The number of carbonyl (C=O) groups excluding carboxylic acids is 1. The number of nitriles is 1. The minimum absolute atomic E-state index is 0.280. The van der Waals surface area contributed by atoms with E-state index in [4.69, 9.17) is 11.0 Å². The number of imidazole rings is 1. The van der Waals surface area contributed by atoms with Crippen LogP contribution in [0.1, 0.15) is 16.1 Å². The van der Waals surface area contributed by atoms with Crippen molar-refractivity contribution in [2.45, 2.75) is 6.54 Å². The number of halogens is 1. The van der Waals surface area contributed by atoms with Gasteiger partial charge >= 0.3 is 0 Å². The van der Waals surface area contributed by atoms with Crippen LogP contribution in [0, 0.1) is 11.3 Å². The van der Waals surface area contributed by atoms with Crippen molar-refractivity contribution in [3.8, 4) is 6.07 Å². The van der Waals surface area contributed by atoms with Crippen molar-refractivity contribution >= 4 is 27.5 Å². The number of nitrogens with two attached hydrogens (primary N) is 1. The minimum atomic E-state index is -0.365. The Morgan fingerprint density at radius 2 is 2.35 bits per heavy atom. The second-order valence-corrected chi connectivity index (χ2v) is 4.96. The molecule has 0 spiro atoms. The second-order valence-electron chi connectivity index (χ2n) is 4.04. The van der Waals surface area contributed by atoms with E-state index in [0.717, 1.165) is 4.47 Å². The summed E-state index contributed by atoms with van der Waals surface area (Å²) in [6.07, 6.45) is 3.17. The fourth-order valence-electron chi connectivity index (χ4n) is 1.65. The van der Waals surface area contributed by atoms with Crippen LogP contribution in [0.5, 0.6) is 0 Å². The first-order valence-corrected chi connectivity index (χ1v) is 6.66. The summed E-state index contributed by atoms with van der Waals surface area (Å²) in [5.74, 6) is -0.365. The van der Waals surface area contributed by atoms with Gasteiger partial charge in [-0.05, 0) is 18.2 Å². The van der Waals surface area contributed by atoms with Gasteiger partial charge in [0.25, 0.3) is 5.91 Å². The van der Waals surface area contributed by atoms with E-state index in [1.165, 1.54) is 0 Å². The molecule has 0 radical (unpaired) electrons. The number of carbonyl (C=O) groups is 1. The fraction of sp³-hybridized carbons (Fsp3) is 0.154. The minimum Gasteiger partial charge on any atom is -0.335 e. The smallest absolute Gasteiger partial charge is 0.275 e. The van der Waals surface area contributed by atoms with Gasteiger partial charge in [-0.2, -0.15) is 5.26 Å². The van der Waals surface area contributed by atoms with Gasteiger partial charge in [0.1, 0.15) is 11.8 Å². The maximum Gasteiger partial charge on any atom is 0.275 e. The van der Waals surface area contributed by atoms with Gasteiger partial charge < -0.3 is 15.6 Å². The molecule has 7 heteroatoms. The molecule has 0 aliphatic carbocycles. The van der Waals surface area contributed by atoms with Crippen molar-refractivity contribution in [1.82, 2.24) is 9.55 Å². The van der Waals surface area contributed by atoms with Gasteiger partial charge in [-0.25, -0.2) is 4.98 Å². The van der Waals surface area contributed by atoms with Crippen molar-refractivity contribution in [3.63, 3.8) is 0 Å². The van der Waals surface area contributed by atoms with E-state index in [1.807, 2.05) is 6.07 Å². The zero-order valence-corrected chi connectivity index (χ0v) is 12.1. The molecule has 2 rings (SSSR count). The third kappa shape index (κ3) is 3.23. The van der Waals surface area contributed by atoms with Gasteiger partial charge in [-0.15, -0.1) is 0 Å². The summed E-state index contributed by atoms with van der Waals surface area (Å²) in [6.45, 7) is 1.07. The Morgan fingerprint density at radius 1 is 1.55 bits per heavy atom. The predicted molar refractivity (Wildman–Crippen MR) is 78.1 cm³/mol. The Hall–Kier alpha value is -2.17. The maximum absolute atomic E-state index is 12.1. The van der Waals surface area contributed by atoms with E-state index in [-0.39, 0.29) is 11.6 Å². The van der Waals surface area contributed by atoms with Crippen molar-refractivity contribution in [2.24, 2.45) is 5.73 Å². The van der Waals surface area contributed by atoms with Gasteiger partial charge in [0.05, 0.1) is 17.6 Å². The highest BCUT2D eigenvalue weighted by molar-refractivity contribution is 9.10. The fourth-order valence-corrected chi connectivity index (χ4v) is 2.01. The number of aromatic nitrogens is 2. The Balaban J connectivity index is 2.19. The van der Waals surface area contributed by atoms with E-state index < -0.39 is 0 Å². The third-order valence-corrected chi connectivity index (χ3v) is 3.10. The number of nitrogens with zero attached hydrogens (tertiary/aromatic N) is 3. The molecule has 1 heterocycles. The van der Waals surface area contributed by atoms with Crippen LogP contribution in [-0.2, 0) is 6.54 Å². The van der Waals surface area contributed by atoms with Crippen LogP contribution >= 0.6 is 15.9 Å². The molecule has 0 fully saturated rings. The highest BCUT2D eigenvalue weighted by atomic mass is 79.9. The summed E-state index contributed by atoms with van der Waals surface area (Å²) in [6, 6.07) is 7.07. The molecule has 0 bridgehead atoms. The monoisotopic (exact) mass is 333 g/mol. The summed E-state index contributed by atoms with van der Waals surface area (Å²) in [5, 5.41) is 11.7. The Labute approximate surface area is 124 Å². The lowest BCUT2D eigenvalue weighted by molar-refractivity contribution is 0.102. The van der Waals surface area contributed by atoms with Crippen LogP contribution in [-0.4, -0.2) is 22.0 Å². The zero-order valence-electron chi connectivity index (χ0n) is 10.5. The van der Waals surface area contributed by atoms with Crippen LogP contribution in [0.15, 0.2) is 35.2 Å². The Kier molecular flexibility index (Phi) is 4.50. The quantitative estimate of drug-likeness (QED) is 0.890. The SMILES string of the molecule is N#Cc1ccc(Br)cc1NC(=O)c1cn(CCN)cn1. The average Bonchev–Trinajstić information content (AvgIpc) is 2.88. The first kappa shape index (κ1) is 14.2. The standard InChI is InChI=1S/C13H12BrN5O/c14-10-2-1-9(6-16)11(5-10)18-13(20)12-7-19(4-3-15)8-17-12/h1-2,5,7-8H,3-4,15H2,(H,18,20). The Morgan fingerprint density at radius 3 is 3.05 bits per heavy atom. The topological polar surface area (TPSA) is 96.7 Å². The van der Waals surface area contributed by atoms with Crippen molar-refractivity contribution in [3.05, 3.63) is 46.5 Å². The first-order valence-electron chi connectivity index (χ1n) is 5.87. The molecule has 0 atom stereocenters. The number of rotatable bonds is 4. The number of hydrogen-bond donors (Lipinski definition) is 2. The van der Waals surface area contributed by atoms with Gasteiger partial charge in [0.2, 0.25) is 0 Å². The van der Waals surface area contributed by atoms with Gasteiger partial charge in [-0.1, -0.05) is 15.9 Å². The lowest BCUT2D eigenvalue weighted by Gasteiger charge is -2.05. The van der Waals surface area contributed by atoms with E-state index in [2.05, 4.69) is 26.2 Å². The number of anilines is 1. The summed E-state index contributed by atoms with van der Waals surface area (Å²) in [7, 11) is 0. The highest BCUT2D eigenvalue weighted by Crippen LogP contribution is 2.21. The van der Waals surface area contributed by atoms with Crippen LogP contribution in [0.2, 0.25) is 0 Å². The lowest BCUT2D eigenvalue weighted by atomic mass is 10.2. The van der Waals surface area contributed by atoms with Gasteiger partial charge in [-0.3, -0.25) is 4.79 Å². The molecule has 20 heavy (non-hydrogen) atoms. The Bertz CT molecular complexity index is 674. The molecule has 3 N–H and O–H groups in total. The zero-order chi connectivity index (χ0) is 14.5. The number of nitrogens with one attached hydrogen (secondary N) is 1. The number of benzene rings is 1. The third-order valence-electron chi connectivity index (χ3n) is 2.60.